The van der Waals surface area contributed by atoms with Crippen molar-refractivity contribution in [3.63, 3.8) is 0 Å². The quantitative estimate of drug-likeness (QED) is 0.436. The zero-order valence-corrected chi connectivity index (χ0v) is 19.0. The van der Waals surface area contributed by atoms with Gasteiger partial charge in [0.15, 0.2) is 12.2 Å². The van der Waals surface area contributed by atoms with Gasteiger partial charge in [0.05, 0.1) is 0 Å². The van der Waals surface area contributed by atoms with Crippen LogP contribution in [0.4, 0.5) is 0 Å². The number of esters is 3. The standard InChI is InChI=1S/C20H24BrNO9/c1-10(23)22-17-19(29-13(4)26)18(28-12(3)25)16(9-27-11(2)24)31-20(17)30-15-7-5-14(21)6-8-15/h5-8,16-20H,9H2,1-4H3,(H,22,23)/t16-,17+,18+,19+,20-/m1/s1. The molecule has 1 fully saturated rings. The number of ether oxygens (including phenoxy) is 5. The summed E-state index contributed by atoms with van der Waals surface area (Å²) >= 11 is 3.33. The molecular formula is C20H24BrNO9. The molecule has 1 amide bonds. The summed E-state index contributed by atoms with van der Waals surface area (Å²) in [6.07, 6.45) is -4.51. The van der Waals surface area contributed by atoms with Crippen molar-refractivity contribution in [2.24, 2.45) is 0 Å². The van der Waals surface area contributed by atoms with Crippen molar-refractivity contribution < 1.29 is 42.9 Å². The van der Waals surface area contributed by atoms with Gasteiger partial charge < -0.3 is 29.0 Å². The lowest BCUT2D eigenvalue weighted by atomic mass is 9.96. The lowest BCUT2D eigenvalue weighted by molar-refractivity contribution is -0.257. The number of hydrogen-bond acceptors (Lipinski definition) is 9. The van der Waals surface area contributed by atoms with E-state index in [9.17, 15) is 19.2 Å². The van der Waals surface area contributed by atoms with Gasteiger partial charge in [-0.3, -0.25) is 19.2 Å². The highest BCUT2D eigenvalue weighted by atomic mass is 79.9. The third kappa shape index (κ3) is 7.51. The highest BCUT2D eigenvalue weighted by Gasteiger charge is 2.51. The van der Waals surface area contributed by atoms with E-state index >= 15 is 0 Å². The number of benzene rings is 1. The van der Waals surface area contributed by atoms with Gasteiger partial charge in [0.2, 0.25) is 12.2 Å². The smallest absolute Gasteiger partial charge is 0.303 e. The molecule has 0 aromatic heterocycles. The van der Waals surface area contributed by atoms with Crippen LogP contribution < -0.4 is 10.1 Å². The summed E-state index contributed by atoms with van der Waals surface area (Å²) in [6, 6.07) is 5.79. The summed E-state index contributed by atoms with van der Waals surface area (Å²) in [7, 11) is 0. The lowest BCUT2D eigenvalue weighted by Crippen LogP contribution is -2.67. The minimum absolute atomic E-state index is 0.294. The molecule has 1 saturated heterocycles. The molecule has 31 heavy (non-hydrogen) atoms. The Kier molecular flexibility index (Phi) is 8.81. The molecule has 170 valence electrons. The predicted octanol–water partition coefficient (Wildman–Crippen LogP) is 1.48. The lowest BCUT2D eigenvalue weighted by Gasteiger charge is -2.44. The van der Waals surface area contributed by atoms with E-state index in [0.717, 1.165) is 4.47 Å². The molecule has 1 aromatic rings. The zero-order valence-electron chi connectivity index (χ0n) is 17.5. The van der Waals surface area contributed by atoms with E-state index in [0.29, 0.717) is 5.75 Å². The molecule has 0 spiro atoms. The monoisotopic (exact) mass is 501 g/mol. The van der Waals surface area contributed by atoms with E-state index in [-0.39, 0.29) is 6.61 Å². The van der Waals surface area contributed by atoms with Crippen molar-refractivity contribution >= 4 is 39.7 Å². The molecule has 2 rings (SSSR count). The topological polar surface area (TPSA) is 126 Å². The van der Waals surface area contributed by atoms with Crippen LogP contribution in [0.1, 0.15) is 27.7 Å². The third-order valence-corrected chi connectivity index (χ3v) is 4.67. The fourth-order valence-corrected chi connectivity index (χ4v) is 3.30. The van der Waals surface area contributed by atoms with Crippen LogP contribution in [0.3, 0.4) is 0 Å². The fraction of sp³-hybridized carbons (Fsp3) is 0.500. The SMILES string of the molecule is CC(=O)N[C@@H]1[C@H](Oc2ccc(Br)cc2)O[C@H](COC(C)=O)[C@H](OC(C)=O)[C@H]1OC(C)=O. The molecule has 0 saturated carbocycles. The van der Waals surface area contributed by atoms with Crippen LogP contribution in [0.5, 0.6) is 5.75 Å². The van der Waals surface area contributed by atoms with E-state index in [1.165, 1.54) is 27.7 Å². The Labute approximate surface area is 187 Å². The van der Waals surface area contributed by atoms with Crippen molar-refractivity contribution in [1.82, 2.24) is 5.32 Å². The molecule has 1 aliphatic heterocycles. The highest BCUT2D eigenvalue weighted by molar-refractivity contribution is 9.10. The van der Waals surface area contributed by atoms with E-state index in [1.54, 1.807) is 24.3 Å². The summed E-state index contributed by atoms with van der Waals surface area (Å²) < 4.78 is 28.4. The van der Waals surface area contributed by atoms with Gasteiger partial charge in [-0.25, -0.2) is 0 Å². The second-order valence-corrected chi connectivity index (χ2v) is 7.71. The van der Waals surface area contributed by atoms with E-state index in [2.05, 4.69) is 21.2 Å². The molecule has 1 N–H and O–H groups in total. The van der Waals surface area contributed by atoms with Crippen molar-refractivity contribution in [3.8, 4) is 5.75 Å². The number of halogens is 1. The minimum Gasteiger partial charge on any atom is -0.463 e. The summed E-state index contributed by atoms with van der Waals surface area (Å²) in [5, 5.41) is 2.63. The number of hydrogen-bond donors (Lipinski definition) is 1. The van der Waals surface area contributed by atoms with Gasteiger partial charge >= 0.3 is 17.9 Å². The summed E-state index contributed by atoms with van der Waals surface area (Å²) in [5.41, 5.74) is 0. The van der Waals surface area contributed by atoms with E-state index < -0.39 is 54.5 Å². The van der Waals surface area contributed by atoms with Crippen LogP contribution in [0.25, 0.3) is 0 Å². The van der Waals surface area contributed by atoms with Crippen LogP contribution in [0, 0.1) is 0 Å². The molecule has 11 heteroatoms. The molecular weight excluding hydrogens is 478 g/mol. The summed E-state index contributed by atoms with van der Waals surface area (Å²) in [5.74, 6) is -1.97. The molecule has 5 atom stereocenters. The molecule has 0 aliphatic carbocycles. The van der Waals surface area contributed by atoms with Crippen molar-refractivity contribution in [1.29, 1.82) is 0 Å². The first kappa shape index (κ1) is 24.6. The predicted molar refractivity (Wildman–Crippen MR) is 109 cm³/mol. The second kappa shape index (κ2) is 11.1. The van der Waals surface area contributed by atoms with E-state index in [1.807, 2.05) is 0 Å². The van der Waals surface area contributed by atoms with E-state index in [4.69, 9.17) is 23.7 Å². The fourth-order valence-electron chi connectivity index (χ4n) is 3.04. The largest absolute Gasteiger partial charge is 0.463 e. The molecule has 10 nitrogen and oxygen atoms in total. The third-order valence-electron chi connectivity index (χ3n) is 4.14. The molecule has 1 aromatic carbocycles. The Morgan fingerprint density at radius 2 is 1.52 bits per heavy atom. The molecule has 1 heterocycles. The van der Waals surface area contributed by atoms with Gasteiger partial charge in [-0.15, -0.1) is 0 Å². The Morgan fingerprint density at radius 1 is 0.935 bits per heavy atom. The van der Waals surface area contributed by atoms with Crippen LogP contribution in [-0.2, 0) is 38.1 Å². The van der Waals surface area contributed by atoms with Crippen LogP contribution >= 0.6 is 15.9 Å². The highest BCUT2D eigenvalue weighted by Crippen LogP contribution is 2.29. The normalized spacial score (nSPS) is 25.1. The zero-order chi connectivity index (χ0) is 23.1. The maximum atomic E-state index is 11.9. The average Bonchev–Trinajstić information content (AvgIpc) is 2.65. The van der Waals surface area contributed by atoms with Crippen LogP contribution in [0.15, 0.2) is 28.7 Å². The maximum Gasteiger partial charge on any atom is 0.303 e. The summed E-state index contributed by atoms with van der Waals surface area (Å²) in [4.78, 5) is 46.7. The molecule has 0 unspecified atom stereocenters. The first-order valence-electron chi connectivity index (χ1n) is 9.39. The van der Waals surface area contributed by atoms with Gasteiger partial charge in [-0.05, 0) is 24.3 Å². The number of carbonyl (C=O) groups excluding carboxylic acids is 4. The van der Waals surface area contributed by atoms with Gasteiger partial charge in [0, 0.05) is 32.2 Å². The Balaban J connectivity index is 2.43. The number of rotatable bonds is 7. The molecule has 1 aliphatic rings. The number of carbonyl (C=O) groups is 4. The average molecular weight is 502 g/mol. The van der Waals surface area contributed by atoms with Gasteiger partial charge in [0.25, 0.3) is 0 Å². The minimum atomic E-state index is -1.17. The first-order chi connectivity index (χ1) is 14.6. The van der Waals surface area contributed by atoms with Gasteiger partial charge in [0.1, 0.15) is 24.5 Å². The second-order valence-electron chi connectivity index (χ2n) is 6.79. The van der Waals surface area contributed by atoms with Gasteiger partial charge in [-0.2, -0.15) is 0 Å². The Morgan fingerprint density at radius 3 is 2.03 bits per heavy atom. The molecule has 0 bridgehead atoms. The summed E-state index contributed by atoms with van der Waals surface area (Å²) in [6.45, 7) is 4.54. The number of nitrogens with one attached hydrogen (secondary N) is 1. The van der Waals surface area contributed by atoms with Crippen LogP contribution in [0.2, 0.25) is 0 Å². The Hall–Kier alpha value is -2.66. The Bertz CT molecular complexity index is 813. The number of amides is 1. The van der Waals surface area contributed by atoms with Crippen molar-refractivity contribution in [3.05, 3.63) is 28.7 Å². The molecule has 0 radical (unpaired) electrons. The van der Waals surface area contributed by atoms with Crippen molar-refractivity contribution in [2.45, 2.75) is 58.3 Å². The van der Waals surface area contributed by atoms with Crippen LogP contribution in [-0.4, -0.2) is 61.1 Å². The van der Waals surface area contributed by atoms with Gasteiger partial charge in [-0.1, -0.05) is 15.9 Å². The van der Waals surface area contributed by atoms with Crippen molar-refractivity contribution in [2.75, 3.05) is 6.61 Å². The maximum absolute atomic E-state index is 11.9. The first-order valence-corrected chi connectivity index (χ1v) is 10.2.